The fourth-order valence-electron chi connectivity index (χ4n) is 2.97. The molecule has 0 spiro atoms. The van der Waals surface area contributed by atoms with Crippen LogP contribution in [0, 0.1) is 5.92 Å². The van der Waals surface area contributed by atoms with Crippen molar-refractivity contribution in [2.75, 3.05) is 18.8 Å². The highest BCUT2D eigenvalue weighted by atomic mass is 32.2. The first-order valence-corrected chi connectivity index (χ1v) is 9.56. The summed E-state index contributed by atoms with van der Waals surface area (Å²) in [4.78, 5) is 24.8. The first kappa shape index (κ1) is 18.4. The Kier molecular flexibility index (Phi) is 5.95. The highest BCUT2D eigenvalue weighted by molar-refractivity contribution is 7.89. The summed E-state index contributed by atoms with van der Waals surface area (Å²) in [6.45, 7) is 1.27. The Labute approximate surface area is 141 Å². The van der Waals surface area contributed by atoms with Gasteiger partial charge < -0.3 is 10.0 Å². The van der Waals surface area contributed by atoms with Crippen LogP contribution in [0.3, 0.4) is 0 Å². The highest BCUT2D eigenvalue weighted by Gasteiger charge is 2.26. The van der Waals surface area contributed by atoms with Crippen LogP contribution < -0.4 is 5.14 Å². The lowest BCUT2D eigenvalue weighted by molar-refractivity contribution is -0.130. The van der Waals surface area contributed by atoms with Gasteiger partial charge in [0.2, 0.25) is 15.9 Å². The van der Waals surface area contributed by atoms with E-state index < -0.39 is 16.0 Å². The number of benzene rings is 1. The van der Waals surface area contributed by atoms with E-state index in [0.29, 0.717) is 13.1 Å². The Morgan fingerprint density at radius 1 is 1.33 bits per heavy atom. The summed E-state index contributed by atoms with van der Waals surface area (Å²) in [6, 6.07) is 6.84. The summed E-state index contributed by atoms with van der Waals surface area (Å²) in [5, 5.41) is 13.9. The normalized spacial score (nSPS) is 17.9. The number of primary sulfonamides is 1. The number of sulfonamides is 1. The minimum Gasteiger partial charge on any atom is -0.478 e. The maximum atomic E-state index is 12.1. The Balaban J connectivity index is 1.83. The number of amides is 1. The molecule has 0 radical (unpaired) electrons. The van der Waals surface area contributed by atoms with Crippen LogP contribution in [0.2, 0.25) is 0 Å². The van der Waals surface area contributed by atoms with E-state index in [1.54, 1.807) is 23.1 Å². The van der Waals surface area contributed by atoms with Crippen LogP contribution in [0.4, 0.5) is 0 Å². The monoisotopic (exact) mass is 354 g/mol. The molecule has 0 bridgehead atoms. The number of hydrogen-bond acceptors (Lipinski definition) is 4. The second-order valence-corrected chi connectivity index (χ2v) is 7.91. The van der Waals surface area contributed by atoms with Gasteiger partial charge in [0.05, 0.1) is 11.3 Å². The van der Waals surface area contributed by atoms with Crippen LogP contribution in [0.25, 0.3) is 0 Å². The summed E-state index contributed by atoms with van der Waals surface area (Å²) in [7, 11) is -3.52. The van der Waals surface area contributed by atoms with Gasteiger partial charge in [-0.05, 0) is 42.9 Å². The lowest BCUT2D eigenvalue weighted by Gasteiger charge is -2.16. The van der Waals surface area contributed by atoms with Crippen molar-refractivity contribution in [1.82, 2.24) is 4.90 Å². The minimum atomic E-state index is -3.52. The molecule has 0 aliphatic carbocycles. The standard InChI is InChI=1S/C16H22N2O5S/c17-24(22,23)8-2-5-15(19)18-7-6-13(11-18)9-12-3-1-4-14(10-12)16(20)21/h1,3-4,10,13H,2,5-9,11H2,(H,20,21)(H2,17,22,23)/t13-/m0/s1. The van der Waals surface area contributed by atoms with Gasteiger partial charge in [-0.1, -0.05) is 12.1 Å². The first-order valence-electron chi connectivity index (χ1n) is 7.85. The molecule has 1 aliphatic rings. The van der Waals surface area contributed by atoms with Crippen molar-refractivity contribution in [3.8, 4) is 0 Å². The molecular formula is C16H22N2O5S. The molecule has 24 heavy (non-hydrogen) atoms. The molecule has 1 fully saturated rings. The predicted molar refractivity (Wildman–Crippen MR) is 89.0 cm³/mol. The molecule has 3 N–H and O–H groups in total. The molecule has 0 aromatic heterocycles. The van der Waals surface area contributed by atoms with Crippen LogP contribution in [0.15, 0.2) is 24.3 Å². The van der Waals surface area contributed by atoms with Crippen molar-refractivity contribution in [2.45, 2.75) is 25.7 Å². The number of carbonyl (C=O) groups is 2. The van der Waals surface area contributed by atoms with Gasteiger partial charge in [0.1, 0.15) is 0 Å². The second-order valence-electron chi connectivity index (χ2n) is 6.17. The second kappa shape index (κ2) is 7.76. The van der Waals surface area contributed by atoms with E-state index in [1.807, 2.05) is 6.07 Å². The molecule has 1 aliphatic heterocycles. The Bertz CT molecular complexity index is 717. The molecule has 2 rings (SSSR count). The number of nitrogens with zero attached hydrogens (tertiary/aromatic N) is 1. The van der Waals surface area contributed by atoms with E-state index in [-0.39, 0.29) is 36.0 Å². The first-order chi connectivity index (χ1) is 11.2. The number of carbonyl (C=O) groups excluding carboxylic acids is 1. The zero-order chi connectivity index (χ0) is 17.7. The lowest BCUT2D eigenvalue weighted by Crippen LogP contribution is -2.29. The van der Waals surface area contributed by atoms with E-state index >= 15 is 0 Å². The molecule has 1 heterocycles. The Morgan fingerprint density at radius 3 is 2.75 bits per heavy atom. The van der Waals surface area contributed by atoms with Gasteiger partial charge in [0, 0.05) is 19.5 Å². The number of rotatable bonds is 7. The van der Waals surface area contributed by atoms with Gasteiger partial charge in [-0.25, -0.2) is 18.4 Å². The van der Waals surface area contributed by atoms with Gasteiger partial charge in [0.25, 0.3) is 0 Å². The molecule has 1 amide bonds. The highest BCUT2D eigenvalue weighted by Crippen LogP contribution is 2.22. The van der Waals surface area contributed by atoms with Crippen LogP contribution in [0.5, 0.6) is 0 Å². The van der Waals surface area contributed by atoms with Crippen molar-refractivity contribution in [1.29, 1.82) is 0 Å². The molecule has 1 saturated heterocycles. The summed E-state index contributed by atoms with van der Waals surface area (Å²) >= 11 is 0. The quantitative estimate of drug-likeness (QED) is 0.752. The van der Waals surface area contributed by atoms with Crippen molar-refractivity contribution < 1.29 is 23.1 Å². The fraction of sp³-hybridized carbons (Fsp3) is 0.500. The molecular weight excluding hydrogens is 332 g/mol. The fourth-order valence-corrected chi connectivity index (χ4v) is 3.52. The van der Waals surface area contributed by atoms with Crippen LogP contribution >= 0.6 is 0 Å². The molecule has 1 aromatic carbocycles. The van der Waals surface area contributed by atoms with E-state index in [9.17, 15) is 18.0 Å². The van der Waals surface area contributed by atoms with E-state index in [4.69, 9.17) is 10.2 Å². The molecule has 7 nitrogen and oxygen atoms in total. The molecule has 0 saturated carbocycles. The largest absolute Gasteiger partial charge is 0.478 e. The van der Waals surface area contributed by atoms with Gasteiger partial charge in [0.15, 0.2) is 0 Å². The average molecular weight is 354 g/mol. The smallest absolute Gasteiger partial charge is 0.335 e. The number of hydrogen-bond donors (Lipinski definition) is 2. The van der Waals surface area contributed by atoms with Crippen molar-refractivity contribution in [2.24, 2.45) is 11.1 Å². The molecule has 1 aromatic rings. The minimum absolute atomic E-state index is 0.0552. The summed E-state index contributed by atoms with van der Waals surface area (Å²) in [5.74, 6) is -0.899. The maximum absolute atomic E-state index is 12.1. The topological polar surface area (TPSA) is 118 Å². The molecule has 1 atom stereocenters. The summed E-state index contributed by atoms with van der Waals surface area (Å²) in [5.41, 5.74) is 1.21. The zero-order valence-electron chi connectivity index (χ0n) is 13.3. The van der Waals surface area contributed by atoms with E-state index in [0.717, 1.165) is 18.4 Å². The van der Waals surface area contributed by atoms with Crippen molar-refractivity contribution in [3.63, 3.8) is 0 Å². The zero-order valence-corrected chi connectivity index (χ0v) is 14.2. The van der Waals surface area contributed by atoms with Crippen LogP contribution in [0.1, 0.15) is 35.2 Å². The van der Waals surface area contributed by atoms with Gasteiger partial charge in [-0.3, -0.25) is 4.79 Å². The van der Waals surface area contributed by atoms with E-state index in [1.165, 1.54) is 0 Å². The Morgan fingerprint density at radius 2 is 2.08 bits per heavy atom. The number of likely N-dealkylation sites (tertiary alicyclic amines) is 1. The number of nitrogens with two attached hydrogens (primary N) is 1. The van der Waals surface area contributed by atoms with Gasteiger partial charge in [-0.2, -0.15) is 0 Å². The van der Waals surface area contributed by atoms with E-state index in [2.05, 4.69) is 0 Å². The lowest BCUT2D eigenvalue weighted by atomic mass is 9.97. The number of carboxylic acid groups (broad SMARTS) is 1. The van der Waals surface area contributed by atoms with Crippen molar-refractivity contribution in [3.05, 3.63) is 35.4 Å². The molecule has 8 heteroatoms. The van der Waals surface area contributed by atoms with Crippen molar-refractivity contribution >= 4 is 21.9 Å². The summed E-state index contributed by atoms with van der Waals surface area (Å²) in [6.07, 6.45) is 2.00. The number of carboxylic acids is 1. The van der Waals surface area contributed by atoms with Gasteiger partial charge >= 0.3 is 5.97 Å². The third kappa shape index (κ3) is 5.61. The summed E-state index contributed by atoms with van der Waals surface area (Å²) < 4.78 is 21.8. The average Bonchev–Trinajstić information content (AvgIpc) is 2.94. The maximum Gasteiger partial charge on any atom is 0.335 e. The number of aromatic carboxylic acids is 1. The third-order valence-corrected chi connectivity index (χ3v) is 5.01. The Hall–Kier alpha value is -1.93. The molecule has 132 valence electrons. The predicted octanol–water partition coefficient (Wildman–Crippen LogP) is 0.845. The SMILES string of the molecule is NS(=O)(=O)CCCC(=O)N1CC[C@@H](Cc2cccc(C(=O)O)c2)C1. The van der Waals surface area contributed by atoms with Crippen LogP contribution in [-0.4, -0.2) is 49.1 Å². The van der Waals surface area contributed by atoms with Gasteiger partial charge in [-0.15, -0.1) is 0 Å². The van der Waals surface area contributed by atoms with Crippen LogP contribution in [-0.2, 0) is 21.2 Å². The molecule has 0 unspecified atom stereocenters. The third-order valence-electron chi connectivity index (χ3n) is 4.16.